The van der Waals surface area contributed by atoms with Crippen LogP contribution < -0.4 is 5.73 Å². The molecule has 102 valence electrons. The lowest BCUT2D eigenvalue weighted by molar-refractivity contribution is -0.126. The summed E-state index contributed by atoms with van der Waals surface area (Å²) in [5.74, 6) is 0.930. The number of hydrogen-bond acceptors (Lipinski definition) is 4. The highest BCUT2D eigenvalue weighted by atomic mass is 32.2. The lowest BCUT2D eigenvalue weighted by Gasteiger charge is -2.29. The van der Waals surface area contributed by atoms with Crippen molar-refractivity contribution in [1.82, 2.24) is 0 Å². The first kappa shape index (κ1) is 14.5. The first-order chi connectivity index (χ1) is 9.06. The van der Waals surface area contributed by atoms with E-state index in [4.69, 9.17) is 5.73 Å². The Labute approximate surface area is 121 Å². The maximum Gasteiger partial charge on any atom is 0.244 e. The molecular formula is C14H17NO2S2. The van der Waals surface area contributed by atoms with E-state index in [0.717, 1.165) is 17.7 Å². The van der Waals surface area contributed by atoms with Crippen LogP contribution in [-0.4, -0.2) is 21.5 Å². The average Bonchev–Trinajstić information content (AvgIpc) is 2.83. The van der Waals surface area contributed by atoms with Crippen molar-refractivity contribution in [2.75, 3.05) is 5.75 Å². The minimum Gasteiger partial charge on any atom is -0.368 e. The van der Waals surface area contributed by atoms with Gasteiger partial charge < -0.3 is 5.73 Å². The molecule has 0 radical (unpaired) electrons. The van der Waals surface area contributed by atoms with Crippen LogP contribution in [0.2, 0.25) is 0 Å². The number of ketones is 1. The number of thioether (sulfide) groups is 2. The molecule has 19 heavy (non-hydrogen) atoms. The van der Waals surface area contributed by atoms with Gasteiger partial charge in [-0.05, 0) is 24.7 Å². The highest BCUT2D eigenvalue weighted by Gasteiger charge is 2.51. The number of hydrogen-bond donors (Lipinski definition) is 1. The molecule has 2 rings (SSSR count). The van der Waals surface area contributed by atoms with E-state index in [-0.39, 0.29) is 17.6 Å². The minimum absolute atomic E-state index is 0.0596. The van der Waals surface area contributed by atoms with Crippen LogP contribution in [-0.2, 0) is 15.3 Å². The lowest BCUT2D eigenvalue weighted by atomic mass is 9.97. The van der Waals surface area contributed by atoms with Crippen molar-refractivity contribution in [3.8, 4) is 0 Å². The van der Waals surface area contributed by atoms with E-state index in [1.165, 1.54) is 23.5 Å². The van der Waals surface area contributed by atoms with Crippen molar-refractivity contribution >= 4 is 35.2 Å². The number of Topliss-reactive ketones (excluding diaryl/α,β-unsaturated/α-hetero) is 1. The van der Waals surface area contributed by atoms with Crippen molar-refractivity contribution in [3.63, 3.8) is 0 Å². The van der Waals surface area contributed by atoms with Gasteiger partial charge in [-0.25, -0.2) is 0 Å². The molecule has 0 bridgehead atoms. The van der Waals surface area contributed by atoms with E-state index >= 15 is 0 Å². The number of carbonyl (C=O) groups is 2. The van der Waals surface area contributed by atoms with E-state index in [1.54, 1.807) is 6.92 Å². The fourth-order valence-corrected chi connectivity index (χ4v) is 5.56. The number of nitrogens with two attached hydrogens (primary N) is 1. The van der Waals surface area contributed by atoms with Crippen molar-refractivity contribution in [3.05, 3.63) is 35.9 Å². The molecule has 0 saturated carbocycles. The predicted octanol–water partition coefficient (Wildman–Crippen LogP) is 2.44. The summed E-state index contributed by atoms with van der Waals surface area (Å²) in [6.45, 7) is 1.55. The second-order valence-electron chi connectivity index (χ2n) is 4.61. The second kappa shape index (κ2) is 6.01. The zero-order chi connectivity index (χ0) is 13.9. The Morgan fingerprint density at radius 2 is 2.11 bits per heavy atom. The molecule has 1 aromatic carbocycles. The van der Waals surface area contributed by atoms with Crippen molar-refractivity contribution in [1.29, 1.82) is 0 Å². The summed E-state index contributed by atoms with van der Waals surface area (Å²) in [6.07, 6.45) is 0.741. The summed E-state index contributed by atoms with van der Waals surface area (Å²) in [4.78, 5) is 23.6. The van der Waals surface area contributed by atoms with Crippen LogP contribution >= 0.6 is 23.5 Å². The molecule has 2 N–H and O–H groups in total. The molecule has 0 spiro atoms. The Bertz CT molecular complexity index is 478. The Morgan fingerprint density at radius 1 is 1.42 bits per heavy atom. The summed E-state index contributed by atoms with van der Waals surface area (Å²) in [5, 5.41) is 0. The summed E-state index contributed by atoms with van der Waals surface area (Å²) in [7, 11) is 0. The van der Waals surface area contributed by atoms with Crippen molar-refractivity contribution in [2.24, 2.45) is 11.7 Å². The topological polar surface area (TPSA) is 60.2 Å². The standard InChI is InChI=1S/C14H17NO2S2/c1-10(16)12-7-8-18-14(12,13(15)17)19-9-11-5-3-2-4-6-11/h2-6,12H,7-9H2,1H3,(H2,15,17). The molecule has 2 atom stereocenters. The average molecular weight is 295 g/mol. The Hall–Kier alpha value is -0.940. The van der Waals surface area contributed by atoms with Crippen LogP contribution in [0.3, 0.4) is 0 Å². The van der Waals surface area contributed by atoms with Crippen LogP contribution in [0, 0.1) is 5.92 Å². The van der Waals surface area contributed by atoms with Crippen LogP contribution in [0.1, 0.15) is 18.9 Å². The molecule has 1 fully saturated rings. The SMILES string of the molecule is CC(=O)C1CCSC1(SCc1ccccc1)C(N)=O. The molecule has 1 saturated heterocycles. The quantitative estimate of drug-likeness (QED) is 0.906. The van der Waals surface area contributed by atoms with E-state index in [1.807, 2.05) is 30.3 Å². The molecule has 2 unspecified atom stereocenters. The third-order valence-corrected chi connectivity index (χ3v) is 6.77. The van der Waals surface area contributed by atoms with Gasteiger partial charge in [-0.3, -0.25) is 9.59 Å². The lowest BCUT2D eigenvalue weighted by Crippen LogP contribution is -2.44. The van der Waals surface area contributed by atoms with E-state index < -0.39 is 4.08 Å². The monoisotopic (exact) mass is 295 g/mol. The van der Waals surface area contributed by atoms with Crippen LogP contribution in [0.15, 0.2) is 30.3 Å². The summed E-state index contributed by atoms with van der Waals surface area (Å²) >= 11 is 3.02. The number of carbonyl (C=O) groups excluding carboxylic acids is 2. The Morgan fingerprint density at radius 3 is 2.68 bits per heavy atom. The first-order valence-corrected chi connectivity index (χ1v) is 8.15. The highest BCUT2D eigenvalue weighted by Crippen LogP contribution is 2.52. The number of rotatable bonds is 5. The molecule has 1 aliphatic rings. The summed E-state index contributed by atoms with van der Waals surface area (Å²) in [6, 6.07) is 9.93. The van der Waals surface area contributed by atoms with Crippen LogP contribution in [0.4, 0.5) is 0 Å². The maximum absolute atomic E-state index is 11.9. The molecule has 5 heteroatoms. The van der Waals surface area contributed by atoms with Gasteiger partial charge in [0, 0.05) is 5.75 Å². The highest BCUT2D eigenvalue weighted by molar-refractivity contribution is 8.19. The number of primary amides is 1. The van der Waals surface area contributed by atoms with Gasteiger partial charge in [-0.15, -0.1) is 23.5 Å². The van der Waals surface area contributed by atoms with Gasteiger partial charge in [-0.1, -0.05) is 30.3 Å². The zero-order valence-electron chi connectivity index (χ0n) is 10.8. The van der Waals surface area contributed by atoms with Crippen molar-refractivity contribution < 1.29 is 9.59 Å². The van der Waals surface area contributed by atoms with Gasteiger partial charge in [0.25, 0.3) is 0 Å². The number of amides is 1. The van der Waals surface area contributed by atoms with Crippen LogP contribution in [0.5, 0.6) is 0 Å². The van der Waals surface area contributed by atoms with E-state index in [9.17, 15) is 9.59 Å². The smallest absolute Gasteiger partial charge is 0.244 e. The molecule has 1 amide bonds. The van der Waals surface area contributed by atoms with Crippen molar-refractivity contribution in [2.45, 2.75) is 23.2 Å². The zero-order valence-corrected chi connectivity index (χ0v) is 12.4. The fraction of sp³-hybridized carbons (Fsp3) is 0.429. The largest absolute Gasteiger partial charge is 0.368 e. The summed E-state index contributed by atoms with van der Waals surface area (Å²) in [5.41, 5.74) is 6.73. The second-order valence-corrected chi connectivity index (χ2v) is 7.43. The normalized spacial score (nSPS) is 26.3. The third kappa shape index (κ3) is 2.98. The van der Waals surface area contributed by atoms with Gasteiger partial charge in [0.15, 0.2) is 0 Å². The molecule has 1 aliphatic heterocycles. The number of benzene rings is 1. The van der Waals surface area contributed by atoms with Gasteiger partial charge in [0.1, 0.15) is 9.86 Å². The van der Waals surface area contributed by atoms with E-state index in [0.29, 0.717) is 5.75 Å². The minimum atomic E-state index is -0.790. The maximum atomic E-state index is 11.9. The molecule has 0 aromatic heterocycles. The molecular weight excluding hydrogens is 278 g/mol. The predicted molar refractivity (Wildman–Crippen MR) is 80.9 cm³/mol. The first-order valence-electron chi connectivity index (χ1n) is 6.18. The molecule has 1 aromatic rings. The van der Waals surface area contributed by atoms with Crippen LogP contribution in [0.25, 0.3) is 0 Å². The Balaban J connectivity index is 2.16. The molecule has 0 aliphatic carbocycles. The fourth-order valence-electron chi connectivity index (χ4n) is 2.31. The van der Waals surface area contributed by atoms with Gasteiger partial charge in [-0.2, -0.15) is 0 Å². The van der Waals surface area contributed by atoms with E-state index in [2.05, 4.69) is 0 Å². The third-order valence-electron chi connectivity index (χ3n) is 3.31. The van der Waals surface area contributed by atoms with Gasteiger partial charge >= 0.3 is 0 Å². The summed E-state index contributed by atoms with van der Waals surface area (Å²) < 4.78 is -0.790. The van der Waals surface area contributed by atoms with Gasteiger partial charge in [0.2, 0.25) is 5.91 Å². The van der Waals surface area contributed by atoms with Gasteiger partial charge in [0.05, 0.1) is 5.92 Å². The molecule has 1 heterocycles. The Kier molecular flexibility index (Phi) is 4.58. The molecule has 3 nitrogen and oxygen atoms in total.